The van der Waals surface area contributed by atoms with Crippen molar-refractivity contribution < 1.29 is 14.3 Å². The topological polar surface area (TPSA) is 63.9 Å². The van der Waals surface area contributed by atoms with Gasteiger partial charge in [0.25, 0.3) is 0 Å². The Morgan fingerprint density at radius 1 is 1.22 bits per heavy atom. The van der Waals surface area contributed by atoms with Gasteiger partial charge in [0.15, 0.2) is 0 Å². The summed E-state index contributed by atoms with van der Waals surface area (Å²) in [6, 6.07) is 11.9. The normalized spacial score (nSPS) is 9.78. The minimum atomic E-state index is -1.42. The Hall–Kier alpha value is -2.67. The Bertz CT molecular complexity index is 659. The summed E-state index contributed by atoms with van der Waals surface area (Å²) < 4.78 is 13.8. The van der Waals surface area contributed by atoms with Crippen LogP contribution in [0.4, 0.5) is 4.39 Å². The molecule has 0 heterocycles. The quantitative estimate of drug-likeness (QED) is 0.802. The van der Waals surface area contributed by atoms with Gasteiger partial charge in [-0.3, -0.25) is 0 Å². The van der Waals surface area contributed by atoms with E-state index in [1.54, 1.807) is 18.2 Å². The highest BCUT2D eigenvalue weighted by Crippen LogP contribution is 2.24. The molecule has 88 valence electrons. The second kappa shape index (κ2) is 4.68. The van der Waals surface area contributed by atoms with E-state index in [1.165, 1.54) is 18.2 Å². The van der Waals surface area contributed by atoms with E-state index < -0.39 is 11.8 Å². The number of carbonyl (C=O) groups excluding carboxylic acids is 1. The number of aromatic carboxylic acids is 1. The lowest BCUT2D eigenvalue weighted by molar-refractivity contribution is -0.255. The number of benzene rings is 2. The molecular formula is C14H7FNO2-. The molecule has 2 rings (SSSR count). The van der Waals surface area contributed by atoms with Crippen LogP contribution >= 0.6 is 0 Å². The summed E-state index contributed by atoms with van der Waals surface area (Å²) in [5, 5.41) is 19.3. The molecule has 4 heteroatoms. The lowest BCUT2D eigenvalue weighted by atomic mass is 10.0. The number of hydrogen-bond acceptors (Lipinski definition) is 3. The van der Waals surface area contributed by atoms with Gasteiger partial charge < -0.3 is 9.90 Å². The molecular weight excluding hydrogens is 233 g/mol. The van der Waals surface area contributed by atoms with Crippen LogP contribution < -0.4 is 5.11 Å². The fourth-order valence-electron chi connectivity index (χ4n) is 1.63. The molecule has 0 saturated heterocycles. The van der Waals surface area contributed by atoms with Crippen LogP contribution in [0.25, 0.3) is 11.1 Å². The zero-order chi connectivity index (χ0) is 13.1. The molecule has 0 spiro atoms. The smallest absolute Gasteiger partial charge is 0.131 e. The average molecular weight is 240 g/mol. The maximum absolute atomic E-state index is 13.8. The SMILES string of the molecule is N#Cc1cccc(-c2ccc(C(=O)[O-])cc2F)c1. The van der Waals surface area contributed by atoms with Crippen LogP contribution in [0.3, 0.4) is 0 Å². The van der Waals surface area contributed by atoms with Gasteiger partial charge in [-0.05, 0) is 23.8 Å². The van der Waals surface area contributed by atoms with Crippen molar-refractivity contribution in [1.29, 1.82) is 5.26 Å². The Balaban J connectivity index is 2.51. The Morgan fingerprint density at radius 3 is 2.61 bits per heavy atom. The van der Waals surface area contributed by atoms with Crippen molar-refractivity contribution in [2.24, 2.45) is 0 Å². The Kier molecular flexibility index (Phi) is 3.07. The van der Waals surface area contributed by atoms with Crippen LogP contribution in [0.1, 0.15) is 15.9 Å². The molecule has 3 nitrogen and oxygen atoms in total. The number of halogens is 1. The monoisotopic (exact) mass is 240 g/mol. The zero-order valence-corrected chi connectivity index (χ0v) is 9.18. The number of carboxylic acids is 1. The molecule has 0 unspecified atom stereocenters. The molecule has 0 amide bonds. The highest BCUT2D eigenvalue weighted by Gasteiger charge is 2.07. The van der Waals surface area contributed by atoms with Gasteiger partial charge >= 0.3 is 0 Å². The second-order valence-electron chi connectivity index (χ2n) is 3.67. The van der Waals surface area contributed by atoms with E-state index in [4.69, 9.17) is 5.26 Å². The molecule has 0 aliphatic heterocycles. The second-order valence-corrected chi connectivity index (χ2v) is 3.67. The maximum Gasteiger partial charge on any atom is 0.131 e. The zero-order valence-electron chi connectivity index (χ0n) is 9.18. The first-order valence-electron chi connectivity index (χ1n) is 5.13. The van der Waals surface area contributed by atoms with Crippen molar-refractivity contribution in [1.82, 2.24) is 0 Å². The fraction of sp³-hybridized carbons (Fsp3) is 0. The highest BCUT2D eigenvalue weighted by molar-refractivity contribution is 5.86. The van der Waals surface area contributed by atoms with Crippen molar-refractivity contribution >= 4 is 5.97 Å². The lowest BCUT2D eigenvalue weighted by Gasteiger charge is -2.07. The lowest BCUT2D eigenvalue weighted by Crippen LogP contribution is -2.22. The molecule has 0 radical (unpaired) electrons. The molecule has 0 aliphatic rings. The van der Waals surface area contributed by atoms with Gasteiger partial charge in [0, 0.05) is 11.1 Å². The van der Waals surface area contributed by atoms with E-state index in [9.17, 15) is 14.3 Å². The minimum Gasteiger partial charge on any atom is -0.545 e. The largest absolute Gasteiger partial charge is 0.545 e. The molecule has 0 aromatic heterocycles. The molecule has 0 saturated carbocycles. The van der Waals surface area contributed by atoms with Crippen molar-refractivity contribution in [3.8, 4) is 17.2 Å². The van der Waals surface area contributed by atoms with Crippen molar-refractivity contribution in [3.63, 3.8) is 0 Å². The van der Waals surface area contributed by atoms with E-state index in [0.717, 1.165) is 6.07 Å². The third-order valence-electron chi connectivity index (χ3n) is 2.51. The van der Waals surface area contributed by atoms with Gasteiger partial charge in [-0.15, -0.1) is 0 Å². The molecule has 0 aliphatic carbocycles. The number of nitriles is 1. The van der Waals surface area contributed by atoms with Crippen molar-refractivity contribution in [3.05, 3.63) is 59.4 Å². The number of hydrogen-bond donors (Lipinski definition) is 0. The molecule has 18 heavy (non-hydrogen) atoms. The maximum atomic E-state index is 13.8. The van der Waals surface area contributed by atoms with E-state index in [1.807, 2.05) is 6.07 Å². The summed E-state index contributed by atoms with van der Waals surface area (Å²) >= 11 is 0. The number of rotatable bonds is 2. The van der Waals surface area contributed by atoms with Crippen molar-refractivity contribution in [2.45, 2.75) is 0 Å². The Labute approximate surface area is 103 Å². The molecule has 0 atom stereocenters. The predicted octanol–water partition coefficient (Wildman–Crippen LogP) is 1.73. The standard InChI is InChI=1S/C14H8FNO2/c15-13-7-11(14(17)18)4-5-12(13)10-3-1-2-9(6-10)8-16/h1-7H,(H,17,18)/p-1. The van der Waals surface area contributed by atoms with Crippen LogP contribution in [0, 0.1) is 17.1 Å². The van der Waals surface area contributed by atoms with Crippen LogP contribution in [-0.2, 0) is 0 Å². The summed E-state index contributed by atoms with van der Waals surface area (Å²) in [4.78, 5) is 10.6. The van der Waals surface area contributed by atoms with Crippen LogP contribution in [0.2, 0.25) is 0 Å². The number of nitrogens with zero attached hydrogens (tertiary/aromatic N) is 1. The van der Waals surface area contributed by atoms with Crippen LogP contribution in [0.15, 0.2) is 42.5 Å². The summed E-state index contributed by atoms with van der Waals surface area (Å²) in [6.45, 7) is 0. The van der Waals surface area contributed by atoms with Crippen LogP contribution in [-0.4, -0.2) is 5.97 Å². The average Bonchev–Trinajstić information content (AvgIpc) is 2.38. The first-order chi connectivity index (χ1) is 8.61. The van der Waals surface area contributed by atoms with Gasteiger partial charge in [-0.2, -0.15) is 5.26 Å². The molecule has 0 fully saturated rings. The molecule has 2 aromatic carbocycles. The third-order valence-corrected chi connectivity index (χ3v) is 2.51. The van der Waals surface area contributed by atoms with Gasteiger partial charge in [0.1, 0.15) is 5.82 Å². The number of carboxylic acid groups (broad SMARTS) is 1. The fourth-order valence-corrected chi connectivity index (χ4v) is 1.63. The summed E-state index contributed by atoms with van der Waals surface area (Å²) in [7, 11) is 0. The third kappa shape index (κ3) is 2.20. The number of carbonyl (C=O) groups is 1. The van der Waals surface area contributed by atoms with E-state index in [-0.39, 0.29) is 11.1 Å². The summed E-state index contributed by atoms with van der Waals surface area (Å²) in [5.41, 5.74) is 0.970. The first-order valence-corrected chi connectivity index (χ1v) is 5.13. The molecule has 2 aromatic rings. The van der Waals surface area contributed by atoms with Gasteiger partial charge in [-0.1, -0.05) is 24.3 Å². The minimum absolute atomic E-state index is 0.215. The van der Waals surface area contributed by atoms with E-state index >= 15 is 0 Å². The molecule has 0 N–H and O–H groups in total. The van der Waals surface area contributed by atoms with Gasteiger partial charge in [0.2, 0.25) is 0 Å². The molecule has 0 bridgehead atoms. The Morgan fingerprint density at radius 2 is 2.00 bits per heavy atom. The van der Waals surface area contributed by atoms with E-state index in [2.05, 4.69) is 0 Å². The van der Waals surface area contributed by atoms with Gasteiger partial charge in [0.05, 0.1) is 17.6 Å². The highest BCUT2D eigenvalue weighted by atomic mass is 19.1. The van der Waals surface area contributed by atoms with Crippen molar-refractivity contribution in [2.75, 3.05) is 0 Å². The van der Waals surface area contributed by atoms with Gasteiger partial charge in [-0.25, -0.2) is 4.39 Å². The predicted molar refractivity (Wildman–Crippen MR) is 60.9 cm³/mol. The van der Waals surface area contributed by atoms with E-state index in [0.29, 0.717) is 11.1 Å². The summed E-state index contributed by atoms with van der Waals surface area (Å²) in [6.07, 6.45) is 0. The summed E-state index contributed by atoms with van der Waals surface area (Å²) in [5.74, 6) is -2.09. The van der Waals surface area contributed by atoms with Crippen LogP contribution in [0.5, 0.6) is 0 Å². The first kappa shape index (κ1) is 11.8.